The molecule has 1 saturated heterocycles. The van der Waals surface area contributed by atoms with Crippen molar-refractivity contribution < 1.29 is 0 Å². The summed E-state index contributed by atoms with van der Waals surface area (Å²) in [5.41, 5.74) is 0.970. The lowest BCUT2D eigenvalue weighted by Gasteiger charge is -2.31. The molecule has 1 aliphatic heterocycles. The van der Waals surface area contributed by atoms with Crippen LogP contribution in [-0.4, -0.2) is 41.3 Å². The Labute approximate surface area is 113 Å². The van der Waals surface area contributed by atoms with E-state index in [9.17, 15) is 0 Å². The van der Waals surface area contributed by atoms with Gasteiger partial charge in [-0.15, -0.1) is 17.5 Å². The molecule has 0 aromatic carbocycles. The molecule has 0 saturated carbocycles. The molecule has 4 nitrogen and oxygen atoms in total. The number of nitrogens with one attached hydrogen (secondary N) is 1. The van der Waals surface area contributed by atoms with Crippen LogP contribution in [0, 0.1) is 0 Å². The summed E-state index contributed by atoms with van der Waals surface area (Å²) in [5, 5.41) is 11.8. The van der Waals surface area contributed by atoms with E-state index in [1.54, 1.807) is 6.07 Å². The second-order valence-corrected chi connectivity index (χ2v) is 4.65. The zero-order chi connectivity index (χ0) is 11.4. The highest BCUT2D eigenvalue weighted by molar-refractivity contribution is 6.29. The largest absolute Gasteiger partial charge is 0.315 e. The lowest BCUT2D eigenvalue weighted by Crippen LogP contribution is -2.43. The minimum absolute atomic E-state index is 0. The Morgan fingerprint density at radius 3 is 2.88 bits per heavy atom. The fourth-order valence-electron chi connectivity index (χ4n) is 2.02. The number of piperidine rings is 1. The van der Waals surface area contributed by atoms with Crippen molar-refractivity contribution in [3.8, 4) is 0 Å². The summed E-state index contributed by atoms with van der Waals surface area (Å²) in [7, 11) is 2.13. The van der Waals surface area contributed by atoms with Crippen molar-refractivity contribution in [2.45, 2.75) is 25.4 Å². The maximum atomic E-state index is 5.70. The van der Waals surface area contributed by atoms with Crippen LogP contribution < -0.4 is 5.32 Å². The molecule has 6 heteroatoms. The van der Waals surface area contributed by atoms with Crippen LogP contribution in [0.2, 0.25) is 5.15 Å². The Morgan fingerprint density at radius 1 is 1.47 bits per heavy atom. The average molecular weight is 277 g/mol. The number of aromatic nitrogens is 2. The Bertz CT molecular complexity index is 325. The van der Waals surface area contributed by atoms with E-state index in [0.717, 1.165) is 25.3 Å². The minimum atomic E-state index is 0. The van der Waals surface area contributed by atoms with E-state index >= 15 is 0 Å². The van der Waals surface area contributed by atoms with E-state index < -0.39 is 0 Å². The minimum Gasteiger partial charge on any atom is -0.315 e. The van der Waals surface area contributed by atoms with Crippen LogP contribution >= 0.6 is 24.0 Å². The van der Waals surface area contributed by atoms with E-state index in [4.69, 9.17) is 11.6 Å². The third kappa shape index (κ3) is 4.39. The summed E-state index contributed by atoms with van der Waals surface area (Å²) >= 11 is 5.70. The normalized spacial score (nSPS) is 20.1. The first-order chi connectivity index (χ1) is 7.75. The third-order valence-corrected chi connectivity index (χ3v) is 3.19. The molecule has 1 atom stereocenters. The second kappa shape index (κ2) is 7.11. The standard InChI is InChI=1S/C11H17ClN4.ClH/c1-16(10-3-2-6-13-7-10)8-9-4-5-11(12)15-14-9;/h4-5,10,13H,2-3,6-8H2,1H3;1H. The molecule has 1 aromatic heterocycles. The van der Waals surface area contributed by atoms with E-state index in [1.807, 2.05) is 6.07 Å². The van der Waals surface area contributed by atoms with Crippen molar-refractivity contribution in [1.29, 1.82) is 0 Å². The van der Waals surface area contributed by atoms with Crippen LogP contribution in [0.4, 0.5) is 0 Å². The SMILES string of the molecule is CN(Cc1ccc(Cl)nn1)C1CCCNC1.Cl. The van der Waals surface area contributed by atoms with Gasteiger partial charge in [-0.25, -0.2) is 0 Å². The van der Waals surface area contributed by atoms with Crippen molar-refractivity contribution in [2.75, 3.05) is 20.1 Å². The summed E-state index contributed by atoms with van der Waals surface area (Å²) in [6.07, 6.45) is 2.51. The lowest BCUT2D eigenvalue weighted by molar-refractivity contribution is 0.193. The number of nitrogens with zero attached hydrogens (tertiary/aromatic N) is 3. The Morgan fingerprint density at radius 2 is 2.29 bits per heavy atom. The van der Waals surface area contributed by atoms with Crippen molar-refractivity contribution in [1.82, 2.24) is 20.4 Å². The maximum Gasteiger partial charge on any atom is 0.151 e. The molecule has 0 spiro atoms. The highest BCUT2D eigenvalue weighted by Crippen LogP contribution is 2.11. The summed E-state index contributed by atoms with van der Waals surface area (Å²) in [4.78, 5) is 2.32. The van der Waals surface area contributed by atoms with Crippen molar-refractivity contribution >= 4 is 24.0 Å². The van der Waals surface area contributed by atoms with Gasteiger partial charge in [-0.2, -0.15) is 5.10 Å². The van der Waals surface area contributed by atoms with E-state index in [2.05, 4.69) is 27.5 Å². The molecule has 1 unspecified atom stereocenters. The molecule has 0 radical (unpaired) electrons. The van der Waals surface area contributed by atoms with Gasteiger partial charge in [-0.05, 0) is 38.6 Å². The van der Waals surface area contributed by atoms with Crippen LogP contribution in [0.25, 0.3) is 0 Å². The topological polar surface area (TPSA) is 41.1 Å². The lowest BCUT2D eigenvalue weighted by atomic mass is 10.1. The van der Waals surface area contributed by atoms with Gasteiger partial charge in [0.05, 0.1) is 5.69 Å². The monoisotopic (exact) mass is 276 g/mol. The zero-order valence-electron chi connectivity index (χ0n) is 9.90. The van der Waals surface area contributed by atoms with E-state index in [-0.39, 0.29) is 12.4 Å². The molecular formula is C11H18Cl2N4. The number of rotatable bonds is 3. The van der Waals surface area contributed by atoms with E-state index in [1.165, 1.54) is 12.8 Å². The fourth-order valence-corrected chi connectivity index (χ4v) is 2.12. The maximum absolute atomic E-state index is 5.70. The van der Waals surface area contributed by atoms with E-state index in [0.29, 0.717) is 11.2 Å². The van der Waals surface area contributed by atoms with Gasteiger partial charge in [-0.3, -0.25) is 4.90 Å². The number of hydrogen-bond acceptors (Lipinski definition) is 4. The number of halogens is 2. The smallest absolute Gasteiger partial charge is 0.151 e. The van der Waals surface area contributed by atoms with Gasteiger partial charge in [-0.1, -0.05) is 11.6 Å². The van der Waals surface area contributed by atoms with Gasteiger partial charge in [0, 0.05) is 19.1 Å². The molecule has 96 valence electrons. The molecule has 1 fully saturated rings. The first-order valence-electron chi connectivity index (χ1n) is 5.65. The van der Waals surface area contributed by atoms with Gasteiger partial charge in [0.25, 0.3) is 0 Å². The molecule has 2 rings (SSSR count). The summed E-state index contributed by atoms with van der Waals surface area (Å²) in [6.45, 7) is 3.04. The first kappa shape index (κ1) is 14.6. The van der Waals surface area contributed by atoms with Gasteiger partial charge >= 0.3 is 0 Å². The highest BCUT2D eigenvalue weighted by atomic mass is 35.5. The molecule has 2 heterocycles. The molecular weight excluding hydrogens is 259 g/mol. The van der Waals surface area contributed by atoms with Gasteiger partial charge in [0.2, 0.25) is 0 Å². The average Bonchev–Trinajstić information content (AvgIpc) is 2.33. The zero-order valence-corrected chi connectivity index (χ0v) is 11.5. The quantitative estimate of drug-likeness (QED) is 0.913. The third-order valence-electron chi connectivity index (χ3n) is 2.99. The van der Waals surface area contributed by atoms with Gasteiger partial charge < -0.3 is 5.32 Å². The van der Waals surface area contributed by atoms with Gasteiger partial charge in [0.15, 0.2) is 5.15 Å². The van der Waals surface area contributed by atoms with Crippen LogP contribution in [0.1, 0.15) is 18.5 Å². The van der Waals surface area contributed by atoms with Crippen molar-refractivity contribution in [2.24, 2.45) is 0 Å². The molecule has 0 amide bonds. The first-order valence-corrected chi connectivity index (χ1v) is 6.02. The predicted octanol–water partition coefficient (Wildman–Crippen LogP) is 1.74. The van der Waals surface area contributed by atoms with Crippen LogP contribution in [0.5, 0.6) is 0 Å². The summed E-state index contributed by atoms with van der Waals surface area (Å²) < 4.78 is 0. The fraction of sp³-hybridized carbons (Fsp3) is 0.636. The van der Waals surface area contributed by atoms with Crippen LogP contribution in [0.3, 0.4) is 0 Å². The van der Waals surface area contributed by atoms with Crippen LogP contribution in [-0.2, 0) is 6.54 Å². The molecule has 0 bridgehead atoms. The summed E-state index contributed by atoms with van der Waals surface area (Å²) in [5.74, 6) is 0. The molecule has 1 aromatic rings. The Balaban J connectivity index is 0.00000144. The molecule has 0 aliphatic carbocycles. The molecule has 1 N–H and O–H groups in total. The van der Waals surface area contributed by atoms with Gasteiger partial charge in [0.1, 0.15) is 0 Å². The summed E-state index contributed by atoms with van der Waals surface area (Å²) in [6, 6.07) is 4.32. The number of likely N-dealkylation sites (N-methyl/N-ethyl adjacent to an activating group) is 1. The predicted molar refractivity (Wildman–Crippen MR) is 71.6 cm³/mol. The molecule has 17 heavy (non-hydrogen) atoms. The Hall–Kier alpha value is -0.420. The second-order valence-electron chi connectivity index (χ2n) is 4.26. The van der Waals surface area contributed by atoms with Crippen LogP contribution in [0.15, 0.2) is 12.1 Å². The number of hydrogen-bond donors (Lipinski definition) is 1. The highest BCUT2D eigenvalue weighted by Gasteiger charge is 2.17. The van der Waals surface area contributed by atoms with Crippen molar-refractivity contribution in [3.63, 3.8) is 0 Å². The van der Waals surface area contributed by atoms with Crippen molar-refractivity contribution in [3.05, 3.63) is 23.0 Å². The Kier molecular flexibility index (Phi) is 6.12. The molecule has 1 aliphatic rings.